The molecule has 0 aliphatic heterocycles. The number of hydrogen-bond acceptors (Lipinski definition) is 3. The van der Waals surface area contributed by atoms with Crippen molar-refractivity contribution in [1.82, 2.24) is 0 Å². The molecule has 0 aliphatic carbocycles. The SMILES string of the molecule is NNc1ccc(Cl)s1. The number of halogens is 1. The van der Waals surface area contributed by atoms with Crippen molar-refractivity contribution in [2.24, 2.45) is 5.84 Å². The van der Waals surface area contributed by atoms with Crippen LogP contribution in [0.4, 0.5) is 5.00 Å². The van der Waals surface area contributed by atoms with Crippen LogP contribution in [0.1, 0.15) is 0 Å². The summed E-state index contributed by atoms with van der Waals surface area (Å²) in [5.41, 5.74) is 2.48. The fourth-order valence-corrected chi connectivity index (χ4v) is 1.25. The Morgan fingerprint density at radius 3 is 2.62 bits per heavy atom. The molecule has 0 atom stereocenters. The van der Waals surface area contributed by atoms with E-state index in [4.69, 9.17) is 17.4 Å². The Morgan fingerprint density at radius 2 is 2.38 bits per heavy atom. The van der Waals surface area contributed by atoms with E-state index in [0.717, 1.165) is 9.34 Å². The quantitative estimate of drug-likeness (QED) is 0.470. The predicted molar refractivity (Wildman–Crippen MR) is 37.1 cm³/mol. The van der Waals surface area contributed by atoms with Crippen LogP contribution in [0.5, 0.6) is 0 Å². The van der Waals surface area contributed by atoms with E-state index in [1.54, 1.807) is 6.07 Å². The molecular formula is C4H5ClN2S. The monoisotopic (exact) mass is 148 g/mol. The molecule has 0 radical (unpaired) electrons. The fraction of sp³-hybridized carbons (Fsp3) is 0. The minimum Gasteiger partial charge on any atom is -0.315 e. The van der Waals surface area contributed by atoms with Gasteiger partial charge in [-0.3, -0.25) is 0 Å². The lowest BCUT2D eigenvalue weighted by atomic mass is 10.6. The highest BCUT2D eigenvalue weighted by Gasteiger charge is 1.91. The maximum absolute atomic E-state index is 5.56. The predicted octanol–water partition coefficient (Wildman–Crippen LogP) is 1.69. The Hall–Kier alpha value is -0.250. The molecule has 8 heavy (non-hydrogen) atoms. The van der Waals surface area contributed by atoms with Crippen LogP contribution in [0.2, 0.25) is 4.34 Å². The molecule has 44 valence electrons. The van der Waals surface area contributed by atoms with E-state index in [0.29, 0.717) is 0 Å². The van der Waals surface area contributed by atoms with Crippen molar-refractivity contribution in [3.05, 3.63) is 16.5 Å². The molecule has 0 aromatic carbocycles. The van der Waals surface area contributed by atoms with Gasteiger partial charge in [-0.1, -0.05) is 11.6 Å². The van der Waals surface area contributed by atoms with Crippen LogP contribution in [0.3, 0.4) is 0 Å². The van der Waals surface area contributed by atoms with E-state index in [9.17, 15) is 0 Å². The Kier molecular flexibility index (Phi) is 1.73. The van der Waals surface area contributed by atoms with E-state index >= 15 is 0 Å². The van der Waals surface area contributed by atoms with Crippen molar-refractivity contribution in [3.8, 4) is 0 Å². The molecule has 1 rings (SSSR count). The molecule has 1 aromatic heterocycles. The highest BCUT2D eigenvalue weighted by Crippen LogP contribution is 2.24. The highest BCUT2D eigenvalue weighted by molar-refractivity contribution is 7.19. The minimum absolute atomic E-state index is 0.748. The summed E-state index contributed by atoms with van der Waals surface area (Å²) in [6, 6.07) is 3.62. The van der Waals surface area contributed by atoms with Gasteiger partial charge in [0.2, 0.25) is 0 Å². The van der Waals surface area contributed by atoms with Crippen LogP contribution < -0.4 is 11.3 Å². The molecule has 0 saturated heterocycles. The number of nitrogens with two attached hydrogens (primary N) is 1. The molecule has 1 aromatic rings. The summed E-state index contributed by atoms with van der Waals surface area (Å²) in [6.07, 6.45) is 0. The molecule has 0 saturated carbocycles. The normalized spacial score (nSPS) is 9.25. The number of nitrogen functional groups attached to an aromatic ring is 1. The van der Waals surface area contributed by atoms with Gasteiger partial charge in [0.25, 0.3) is 0 Å². The van der Waals surface area contributed by atoms with Gasteiger partial charge < -0.3 is 5.43 Å². The lowest BCUT2D eigenvalue weighted by Gasteiger charge is -1.86. The molecular weight excluding hydrogens is 144 g/mol. The Bertz CT molecular complexity index is 174. The maximum Gasteiger partial charge on any atom is 0.104 e. The summed E-state index contributed by atoms with van der Waals surface area (Å²) in [6.45, 7) is 0. The lowest BCUT2D eigenvalue weighted by molar-refractivity contribution is 1.39. The molecule has 4 heteroatoms. The van der Waals surface area contributed by atoms with Crippen molar-refractivity contribution in [2.45, 2.75) is 0 Å². The zero-order valence-electron chi connectivity index (χ0n) is 4.02. The van der Waals surface area contributed by atoms with Gasteiger partial charge in [-0.25, -0.2) is 5.84 Å². The van der Waals surface area contributed by atoms with Gasteiger partial charge in [0.1, 0.15) is 5.00 Å². The van der Waals surface area contributed by atoms with Gasteiger partial charge in [-0.15, -0.1) is 11.3 Å². The van der Waals surface area contributed by atoms with Gasteiger partial charge in [-0.2, -0.15) is 0 Å². The van der Waals surface area contributed by atoms with Crippen LogP contribution in [-0.2, 0) is 0 Å². The minimum atomic E-state index is 0.748. The van der Waals surface area contributed by atoms with Crippen molar-refractivity contribution in [2.75, 3.05) is 5.43 Å². The summed E-state index contributed by atoms with van der Waals surface area (Å²) < 4.78 is 0.748. The summed E-state index contributed by atoms with van der Waals surface area (Å²) in [4.78, 5) is 0. The number of nitrogens with one attached hydrogen (secondary N) is 1. The van der Waals surface area contributed by atoms with Gasteiger partial charge in [0, 0.05) is 0 Å². The smallest absolute Gasteiger partial charge is 0.104 e. The first-order chi connectivity index (χ1) is 3.83. The highest BCUT2D eigenvalue weighted by atomic mass is 35.5. The maximum atomic E-state index is 5.56. The topological polar surface area (TPSA) is 38.0 Å². The first-order valence-electron chi connectivity index (χ1n) is 2.05. The van der Waals surface area contributed by atoms with E-state index in [-0.39, 0.29) is 0 Å². The number of rotatable bonds is 1. The van der Waals surface area contributed by atoms with E-state index < -0.39 is 0 Å². The largest absolute Gasteiger partial charge is 0.315 e. The molecule has 3 N–H and O–H groups in total. The molecule has 2 nitrogen and oxygen atoms in total. The van der Waals surface area contributed by atoms with Gasteiger partial charge in [-0.05, 0) is 12.1 Å². The number of hydrazine groups is 1. The van der Waals surface area contributed by atoms with Gasteiger partial charge in [0.05, 0.1) is 4.34 Å². The first-order valence-corrected chi connectivity index (χ1v) is 3.24. The molecule has 0 spiro atoms. The Labute approximate surface area is 56.2 Å². The second-order valence-electron chi connectivity index (χ2n) is 1.25. The van der Waals surface area contributed by atoms with Crippen molar-refractivity contribution in [1.29, 1.82) is 0 Å². The van der Waals surface area contributed by atoms with Gasteiger partial charge in [0.15, 0.2) is 0 Å². The zero-order valence-corrected chi connectivity index (χ0v) is 5.59. The molecule has 0 aliphatic rings. The number of thiophene rings is 1. The standard InChI is InChI=1S/C4H5ClN2S/c5-3-1-2-4(7-6)8-3/h1-2,7H,6H2. The lowest BCUT2D eigenvalue weighted by Crippen LogP contribution is -2.03. The van der Waals surface area contributed by atoms with Crippen LogP contribution in [0.15, 0.2) is 12.1 Å². The molecule has 0 unspecified atom stereocenters. The number of anilines is 1. The average Bonchev–Trinajstić information content (AvgIpc) is 2.14. The summed E-state index contributed by atoms with van der Waals surface area (Å²) in [7, 11) is 0. The second-order valence-corrected chi connectivity index (χ2v) is 2.96. The van der Waals surface area contributed by atoms with E-state index in [1.807, 2.05) is 6.07 Å². The molecule has 0 bridgehead atoms. The van der Waals surface area contributed by atoms with Crippen LogP contribution >= 0.6 is 22.9 Å². The van der Waals surface area contributed by atoms with Crippen molar-refractivity contribution in [3.63, 3.8) is 0 Å². The van der Waals surface area contributed by atoms with Crippen LogP contribution in [0, 0.1) is 0 Å². The van der Waals surface area contributed by atoms with Gasteiger partial charge >= 0.3 is 0 Å². The Balaban J connectivity index is 2.84. The summed E-state index contributed by atoms with van der Waals surface area (Å²) in [5, 5.41) is 0.884. The fourth-order valence-electron chi connectivity index (χ4n) is 0.392. The number of hydrogen-bond donors (Lipinski definition) is 2. The average molecular weight is 149 g/mol. The third kappa shape index (κ3) is 1.12. The van der Waals surface area contributed by atoms with E-state index in [1.165, 1.54) is 11.3 Å². The Morgan fingerprint density at radius 1 is 1.62 bits per heavy atom. The summed E-state index contributed by atoms with van der Waals surface area (Å²) >= 11 is 6.98. The van der Waals surface area contributed by atoms with Crippen molar-refractivity contribution >= 4 is 27.9 Å². The summed E-state index contributed by atoms with van der Waals surface area (Å²) in [5.74, 6) is 5.06. The third-order valence-corrected chi connectivity index (χ3v) is 1.88. The van der Waals surface area contributed by atoms with Crippen LogP contribution in [0.25, 0.3) is 0 Å². The first kappa shape index (κ1) is 5.88. The second kappa shape index (κ2) is 2.35. The van der Waals surface area contributed by atoms with Crippen LogP contribution in [-0.4, -0.2) is 0 Å². The molecule has 1 heterocycles. The molecule has 0 amide bonds. The third-order valence-electron chi connectivity index (χ3n) is 0.715. The van der Waals surface area contributed by atoms with E-state index in [2.05, 4.69) is 5.43 Å². The molecule has 0 fully saturated rings. The zero-order chi connectivity index (χ0) is 5.98. The van der Waals surface area contributed by atoms with Crippen molar-refractivity contribution < 1.29 is 0 Å².